The number of carbonyl (C=O) groups excluding carboxylic acids is 1. The molecule has 4 nitrogen and oxygen atoms in total. The van der Waals surface area contributed by atoms with Crippen molar-refractivity contribution in [1.82, 2.24) is 0 Å². The van der Waals surface area contributed by atoms with Gasteiger partial charge in [-0.3, -0.25) is 0 Å². The van der Waals surface area contributed by atoms with Crippen LogP contribution in [0.2, 0.25) is 0 Å². The summed E-state index contributed by atoms with van der Waals surface area (Å²) in [5, 5.41) is 0. The standard InChI is InChI=1S/C11H23NO3/c1-6-11(5,8-12)14-7-9(13)15-10(2,3)4/h6-8,12H2,1-5H3. The molecule has 4 heteroatoms. The highest BCUT2D eigenvalue weighted by Crippen LogP contribution is 2.14. The molecule has 90 valence electrons. The second-order valence-corrected chi connectivity index (χ2v) is 4.88. The number of hydrogen-bond donors (Lipinski definition) is 1. The van der Waals surface area contributed by atoms with E-state index in [0.29, 0.717) is 6.54 Å². The molecule has 0 aromatic rings. The molecule has 15 heavy (non-hydrogen) atoms. The quantitative estimate of drug-likeness (QED) is 0.708. The fourth-order valence-electron chi connectivity index (χ4n) is 0.909. The molecule has 0 aromatic carbocycles. The highest BCUT2D eigenvalue weighted by atomic mass is 16.6. The Bertz CT molecular complexity index is 204. The van der Waals surface area contributed by atoms with E-state index < -0.39 is 11.2 Å². The molecule has 0 fully saturated rings. The van der Waals surface area contributed by atoms with Gasteiger partial charge in [0.2, 0.25) is 0 Å². The highest BCUT2D eigenvalue weighted by Gasteiger charge is 2.24. The van der Waals surface area contributed by atoms with Crippen LogP contribution in [0.15, 0.2) is 0 Å². The third-order valence-electron chi connectivity index (χ3n) is 2.14. The van der Waals surface area contributed by atoms with Crippen LogP contribution in [0, 0.1) is 0 Å². The highest BCUT2D eigenvalue weighted by molar-refractivity contribution is 5.71. The molecule has 0 amide bonds. The van der Waals surface area contributed by atoms with Gasteiger partial charge in [0.15, 0.2) is 0 Å². The molecule has 0 rings (SSSR count). The van der Waals surface area contributed by atoms with Crippen molar-refractivity contribution in [2.75, 3.05) is 13.2 Å². The van der Waals surface area contributed by atoms with Crippen LogP contribution >= 0.6 is 0 Å². The molecular weight excluding hydrogens is 194 g/mol. The summed E-state index contributed by atoms with van der Waals surface area (Å²) >= 11 is 0. The summed E-state index contributed by atoms with van der Waals surface area (Å²) in [4.78, 5) is 11.3. The minimum absolute atomic E-state index is 0.0428. The van der Waals surface area contributed by atoms with Crippen LogP contribution < -0.4 is 5.73 Å². The SMILES string of the molecule is CCC(C)(CN)OCC(=O)OC(C)(C)C. The summed E-state index contributed by atoms with van der Waals surface area (Å²) in [5.41, 5.74) is 4.65. The monoisotopic (exact) mass is 217 g/mol. The van der Waals surface area contributed by atoms with Crippen LogP contribution in [0.1, 0.15) is 41.0 Å². The van der Waals surface area contributed by atoms with Crippen molar-refractivity contribution in [3.63, 3.8) is 0 Å². The van der Waals surface area contributed by atoms with Crippen LogP contribution in [-0.2, 0) is 14.3 Å². The molecule has 0 aliphatic heterocycles. The lowest BCUT2D eigenvalue weighted by Gasteiger charge is -2.27. The van der Waals surface area contributed by atoms with E-state index in [1.54, 1.807) is 0 Å². The molecule has 0 radical (unpaired) electrons. The van der Waals surface area contributed by atoms with E-state index in [0.717, 1.165) is 6.42 Å². The maximum atomic E-state index is 11.3. The zero-order valence-electron chi connectivity index (χ0n) is 10.4. The van der Waals surface area contributed by atoms with E-state index >= 15 is 0 Å². The molecule has 0 aliphatic rings. The van der Waals surface area contributed by atoms with Gasteiger partial charge in [-0.15, -0.1) is 0 Å². The van der Waals surface area contributed by atoms with Crippen LogP contribution in [0.5, 0.6) is 0 Å². The predicted octanol–water partition coefficient (Wildman–Crippen LogP) is 1.47. The summed E-state index contributed by atoms with van der Waals surface area (Å²) in [7, 11) is 0. The molecule has 0 heterocycles. The van der Waals surface area contributed by atoms with E-state index in [-0.39, 0.29) is 12.6 Å². The molecule has 0 saturated carbocycles. The maximum absolute atomic E-state index is 11.3. The van der Waals surface area contributed by atoms with Crippen molar-refractivity contribution in [1.29, 1.82) is 0 Å². The van der Waals surface area contributed by atoms with E-state index in [2.05, 4.69) is 0 Å². The average molecular weight is 217 g/mol. The number of carbonyl (C=O) groups is 1. The zero-order valence-corrected chi connectivity index (χ0v) is 10.4. The molecule has 1 atom stereocenters. The Hall–Kier alpha value is -0.610. The Morgan fingerprint density at radius 3 is 2.13 bits per heavy atom. The molecule has 2 N–H and O–H groups in total. The van der Waals surface area contributed by atoms with E-state index in [9.17, 15) is 4.79 Å². The van der Waals surface area contributed by atoms with Gasteiger partial charge in [0.05, 0.1) is 5.60 Å². The Morgan fingerprint density at radius 2 is 1.80 bits per heavy atom. The van der Waals surface area contributed by atoms with Crippen LogP contribution in [0.3, 0.4) is 0 Å². The summed E-state index contributed by atoms with van der Waals surface area (Å²) in [5.74, 6) is -0.351. The Labute approximate surface area is 92.1 Å². The topological polar surface area (TPSA) is 61.5 Å². The summed E-state index contributed by atoms with van der Waals surface area (Å²) in [6.45, 7) is 9.69. The van der Waals surface area contributed by atoms with Crippen molar-refractivity contribution < 1.29 is 14.3 Å². The smallest absolute Gasteiger partial charge is 0.332 e. The van der Waals surface area contributed by atoms with Gasteiger partial charge in [-0.05, 0) is 34.1 Å². The van der Waals surface area contributed by atoms with Gasteiger partial charge >= 0.3 is 5.97 Å². The van der Waals surface area contributed by atoms with Gasteiger partial charge < -0.3 is 15.2 Å². The van der Waals surface area contributed by atoms with Gasteiger partial charge in [0.25, 0.3) is 0 Å². The van der Waals surface area contributed by atoms with Crippen LogP contribution in [0.4, 0.5) is 0 Å². The van der Waals surface area contributed by atoms with Gasteiger partial charge in [-0.25, -0.2) is 4.79 Å². The molecule has 1 unspecified atom stereocenters. The van der Waals surface area contributed by atoms with E-state index in [1.165, 1.54) is 0 Å². The third kappa shape index (κ3) is 6.47. The normalized spacial score (nSPS) is 15.9. The Balaban J connectivity index is 4.00. The maximum Gasteiger partial charge on any atom is 0.332 e. The Kier molecular flexibility index (Phi) is 5.24. The first-order valence-electron chi connectivity index (χ1n) is 5.28. The minimum atomic E-state index is -0.466. The number of rotatable bonds is 5. The summed E-state index contributed by atoms with van der Waals surface area (Å²) in [6, 6.07) is 0. The first-order chi connectivity index (χ1) is 6.72. The molecule has 0 bridgehead atoms. The Morgan fingerprint density at radius 1 is 1.27 bits per heavy atom. The molecule has 0 aliphatic carbocycles. The number of nitrogens with two attached hydrogens (primary N) is 1. The lowest BCUT2D eigenvalue weighted by molar-refractivity contribution is -0.166. The van der Waals surface area contributed by atoms with E-state index in [4.69, 9.17) is 15.2 Å². The number of hydrogen-bond acceptors (Lipinski definition) is 4. The summed E-state index contributed by atoms with van der Waals surface area (Å²) in [6.07, 6.45) is 0.770. The largest absolute Gasteiger partial charge is 0.458 e. The fraction of sp³-hybridized carbons (Fsp3) is 0.909. The number of esters is 1. The lowest BCUT2D eigenvalue weighted by atomic mass is 10.0. The van der Waals surface area contributed by atoms with Gasteiger partial charge in [0, 0.05) is 6.54 Å². The van der Waals surface area contributed by atoms with E-state index in [1.807, 2.05) is 34.6 Å². The lowest BCUT2D eigenvalue weighted by Crippen LogP contribution is -2.39. The first-order valence-corrected chi connectivity index (χ1v) is 5.28. The minimum Gasteiger partial charge on any atom is -0.458 e. The first kappa shape index (κ1) is 14.4. The van der Waals surface area contributed by atoms with Crippen molar-refractivity contribution in [3.05, 3.63) is 0 Å². The van der Waals surface area contributed by atoms with Crippen molar-refractivity contribution in [2.45, 2.75) is 52.2 Å². The van der Waals surface area contributed by atoms with Gasteiger partial charge in [-0.2, -0.15) is 0 Å². The molecule has 0 spiro atoms. The average Bonchev–Trinajstić information content (AvgIpc) is 2.12. The van der Waals surface area contributed by atoms with Gasteiger partial charge in [0.1, 0.15) is 12.2 Å². The predicted molar refractivity (Wildman–Crippen MR) is 59.5 cm³/mol. The van der Waals surface area contributed by atoms with Crippen molar-refractivity contribution in [2.24, 2.45) is 5.73 Å². The molecule has 0 saturated heterocycles. The van der Waals surface area contributed by atoms with Crippen molar-refractivity contribution >= 4 is 5.97 Å². The number of ether oxygens (including phenoxy) is 2. The van der Waals surface area contributed by atoms with Crippen LogP contribution in [0.25, 0.3) is 0 Å². The second kappa shape index (κ2) is 5.47. The van der Waals surface area contributed by atoms with Gasteiger partial charge in [-0.1, -0.05) is 6.92 Å². The van der Waals surface area contributed by atoms with Crippen LogP contribution in [-0.4, -0.2) is 30.3 Å². The molecular formula is C11H23NO3. The fourth-order valence-corrected chi connectivity index (χ4v) is 0.909. The summed E-state index contributed by atoms with van der Waals surface area (Å²) < 4.78 is 10.6. The second-order valence-electron chi connectivity index (χ2n) is 4.88. The molecule has 0 aromatic heterocycles. The van der Waals surface area contributed by atoms with Crippen molar-refractivity contribution in [3.8, 4) is 0 Å². The third-order valence-corrected chi connectivity index (χ3v) is 2.14. The zero-order chi connectivity index (χ0) is 12.1.